The van der Waals surface area contributed by atoms with Crippen molar-refractivity contribution in [3.8, 4) is 0 Å². The average molecular weight is 449 g/mol. The maximum Gasteiger partial charge on any atom is 0.254 e. The van der Waals surface area contributed by atoms with Gasteiger partial charge in [-0.05, 0) is 42.0 Å². The van der Waals surface area contributed by atoms with Crippen LogP contribution in [0.4, 0.5) is 0 Å². The number of amides is 2. The molecule has 2 aromatic carbocycles. The Morgan fingerprint density at radius 1 is 0.906 bits per heavy atom. The van der Waals surface area contributed by atoms with Crippen LogP contribution >= 0.6 is 0 Å². The third-order valence-electron chi connectivity index (χ3n) is 4.85. The molecule has 0 fully saturated rings. The predicted molar refractivity (Wildman–Crippen MR) is 116 cm³/mol. The number of sulfone groups is 1. The van der Waals surface area contributed by atoms with Crippen molar-refractivity contribution in [1.29, 1.82) is 0 Å². The Morgan fingerprint density at radius 3 is 2.22 bits per heavy atom. The molecule has 0 aliphatic carbocycles. The summed E-state index contributed by atoms with van der Waals surface area (Å²) >= 11 is 0. The minimum Gasteiger partial charge on any atom is -0.355 e. The van der Waals surface area contributed by atoms with Gasteiger partial charge in [0.15, 0.2) is 0 Å². The Hall–Kier alpha value is -4.05. The molecule has 0 spiro atoms. The van der Waals surface area contributed by atoms with Gasteiger partial charge in [-0.3, -0.25) is 14.0 Å². The summed E-state index contributed by atoms with van der Waals surface area (Å²) in [6.45, 7) is 0.224. The second kappa shape index (κ2) is 8.60. The van der Waals surface area contributed by atoms with Crippen molar-refractivity contribution in [2.75, 3.05) is 7.05 Å². The van der Waals surface area contributed by atoms with E-state index in [9.17, 15) is 18.0 Å². The molecule has 4 aromatic rings. The largest absolute Gasteiger partial charge is 0.355 e. The Morgan fingerprint density at radius 2 is 1.56 bits per heavy atom. The van der Waals surface area contributed by atoms with Gasteiger partial charge in [0, 0.05) is 43.9 Å². The van der Waals surface area contributed by atoms with Crippen molar-refractivity contribution < 1.29 is 18.0 Å². The van der Waals surface area contributed by atoms with Crippen molar-refractivity contribution >= 4 is 27.4 Å². The number of carbonyl (C=O) groups excluding carboxylic acids is 2. The van der Waals surface area contributed by atoms with E-state index in [1.54, 1.807) is 35.1 Å². The molecular weight excluding hydrogens is 430 g/mol. The van der Waals surface area contributed by atoms with Crippen LogP contribution in [0.3, 0.4) is 0 Å². The lowest BCUT2D eigenvalue weighted by molar-refractivity contribution is 0.0946. The van der Waals surface area contributed by atoms with Crippen LogP contribution in [0.15, 0.2) is 83.1 Å². The number of hydrogen-bond acceptors (Lipinski definition) is 6. The first-order valence-corrected chi connectivity index (χ1v) is 11.1. The van der Waals surface area contributed by atoms with Crippen LogP contribution in [-0.2, 0) is 16.4 Å². The maximum absolute atomic E-state index is 12.8. The summed E-state index contributed by atoms with van der Waals surface area (Å²) in [5.74, 6) is -0.0938. The van der Waals surface area contributed by atoms with Gasteiger partial charge < -0.3 is 10.6 Å². The van der Waals surface area contributed by atoms with E-state index in [0.29, 0.717) is 16.9 Å². The van der Waals surface area contributed by atoms with E-state index < -0.39 is 9.84 Å². The highest BCUT2D eigenvalue weighted by molar-refractivity contribution is 7.91. The van der Waals surface area contributed by atoms with Gasteiger partial charge in [-0.15, -0.1) is 0 Å². The Labute approximate surface area is 184 Å². The van der Waals surface area contributed by atoms with Crippen molar-refractivity contribution in [2.24, 2.45) is 0 Å². The van der Waals surface area contributed by atoms with Gasteiger partial charge in [0.2, 0.25) is 15.6 Å². The minimum absolute atomic E-state index is 0.0913. The van der Waals surface area contributed by atoms with Crippen LogP contribution in [0.25, 0.3) is 5.78 Å². The van der Waals surface area contributed by atoms with Crippen LogP contribution in [0.2, 0.25) is 0 Å². The highest BCUT2D eigenvalue weighted by atomic mass is 32.2. The first kappa shape index (κ1) is 21.2. The first-order valence-electron chi connectivity index (χ1n) is 9.61. The second-order valence-electron chi connectivity index (χ2n) is 6.91. The van der Waals surface area contributed by atoms with Crippen LogP contribution in [0.1, 0.15) is 26.3 Å². The van der Waals surface area contributed by atoms with E-state index in [1.165, 1.54) is 49.6 Å². The molecule has 0 atom stereocenters. The molecule has 10 heteroatoms. The van der Waals surface area contributed by atoms with Gasteiger partial charge >= 0.3 is 0 Å². The molecule has 0 bridgehead atoms. The van der Waals surface area contributed by atoms with Gasteiger partial charge in [0.25, 0.3) is 11.8 Å². The third-order valence-corrected chi connectivity index (χ3v) is 6.63. The van der Waals surface area contributed by atoms with Gasteiger partial charge in [0.05, 0.1) is 15.4 Å². The summed E-state index contributed by atoms with van der Waals surface area (Å²) in [6.07, 6.45) is 6.37. The van der Waals surface area contributed by atoms with E-state index in [4.69, 9.17) is 0 Å². The minimum atomic E-state index is -3.73. The Bertz CT molecular complexity index is 1390. The number of nitrogens with zero attached hydrogens (tertiary/aromatic N) is 3. The molecule has 0 aliphatic rings. The van der Waals surface area contributed by atoms with Crippen molar-refractivity contribution in [2.45, 2.75) is 16.3 Å². The molecule has 2 N–H and O–H groups in total. The van der Waals surface area contributed by atoms with Crippen molar-refractivity contribution in [3.05, 3.63) is 90.0 Å². The standard InChI is InChI=1S/C22H19N5O4S/c1-23-20(28)16-4-8-19(9-5-16)32(30,31)18-6-2-15(3-7-18)12-25-21(29)17-13-26-22-24-10-11-27(22)14-17/h2-11,13-14H,12H2,1H3,(H,23,28)(H,25,29). The molecule has 0 aliphatic heterocycles. The monoisotopic (exact) mass is 449 g/mol. The molecule has 0 saturated heterocycles. The number of rotatable bonds is 6. The molecule has 2 amide bonds. The van der Waals surface area contributed by atoms with E-state index in [0.717, 1.165) is 5.56 Å². The van der Waals surface area contributed by atoms with Gasteiger partial charge in [-0.1, -0.05) is 12.1 Å². The number of benzene rings is 2. The highest BCUT2D eigenvalue weighted by Crippen LogP contribution is 2.21. The van der Waals surface area contributed by atoms with E-state index >= 15 is 0 Å². The molecule has 0 radical (unpaired) electrons. The van der Waals surface area contributed by atoms with E-state index in [2.05, 4.69) is 20.6 Å². The zero-order valence-corrected chi connectivity index (χ0v) is 17.8. The van der Waals surface area contributed by atoms with Crippen LogP contribution in [0.5, 0.6) is 0 Å². The van der Waals surface area contributed by atoms with Gasteiger partial charge in [-0.2, -0.15) is 0 Å². The highest BCUT2D eigenvalue weighted by Gasteiger charge is 2.18. The first-order chi connectivity index (χ1) is 15.4. The summed E-state index contributed by atoms with van der Waals surface area (Å²) in [4.78, 5) is 32.4. The Balaban J connectivity index is 1.44. The summed E-state index contributed by atoms with van der Waals surface area (Å²) in [5.41, 5.74) is 1.50. The average Bonchev–Trinajstić information content (AvgIpc) is 3.30. The fourth-order valence-electron chi connectivity index (χ4n) is 3.07. The molecule has 2 heterocycles. The lowest BCUT2D eigenvalue weighted by Gasteiger charge is -2.08. The number of carbonyl (C=O) groups is 2. The van der Waals surface area contributed by atoms with E-state index in [-0.39, 0.29) is 28.2 Å². The zero-order chi connectivity index (χ0) is 22.7. The third kappa shape index (κ3) is 4.21. The lowest BCUT2D eigenvalue weighted by atomic mass is 10.2. The lowest BCUT2D eigenvalue weighted by Crippen LogP contribution is -2.23. The van der Waals surface area contributed by atoms with Crippen LogP contribution < -0.4 is 10.6 Å². The number of nitrogens with one attached hydrogen (secondary N) is 2. The quantitative estimate of drug-likeness (QED) is 0.463. The van der Waals surface area contributed by atoms with Gasteiger partial charge in [0.1, 0.15) is 0 Å². The SMILES string of the molecule is CNC(=O)c1ccc(S(=O)(=O)c2ccc(CNC(=O)c3cnc4nccn4c3)cc2)cc1. The smallest absolute Gasteiger partial charge is 0.254 e. The molecule has 4 rings (SSSR count). The topological polar surface area (TPSA) is 123 Å². The van der Waals surface area contributed by atoms with Gasteiger partial charge in [-0.25, -0.2) is 18.4 Å². The molecule has 0 saturated carbocycles. The molecular formula is C22H19N5O4S. The predicted octanol–water partition coefficient (Wildman–Crippen LogP) is 1.85. The van der Waals surface area contributed by atoms with Crippen LogP contribution in [-0.4, -0.2) is 41.6 Å². The fraction of sp³-hybridized carbons (Fsp3) is 0.0909. The van der Waals surface area contributed by atoms with Crippen molar-refractivity contribution in [1.82, 2.24) is 25.0 Å². The van der Waals surface area contributed by atoms with Crippen molar-refractivity contribution in [3.63, 3.8) is 0 Å². The number of aromatic nitrogens is 3. The number of hydrogen-bond donors (Lipinski definition) is 2. The Kier molecular flexibility index (Phi) is 5.69. The number of fused-ring (bicyclic) bond motifs is 1. The summed E-state index contributed by atoms with van der Waals surface area (Å²) in [6, 6.07) is 12.0. The van der Waals surface area contributed by atoms with Crippen LogP contribution in [0, 0.1) is 0 Å². The summed E-state index contributed by atoms with van der Waals surface area (Å²) in [7, 11) is -2.22. The molecule has 2 aromatic heterocycles. The normalized spacial score (nSPS) is 11.3. The molecule has 32 heavy (non-hydrogen) atoms. The molecule has 162 valence electrons. The summed E-state index contributed by atoms with van der Waals surface area (Å²) in [5, 5.41) is 5.27. The second-order valence-corrected chi connectivity index (χ2v) is 8.86. The summed E-state index contributed by atoms with van der Waals surface area (Å²) < 4.78 is 27.3. The molecule has 9 nitrogen and oxygen atoms in total. The fourth-order valence-corrected chi connectivity index (χ4v) is 4.33. The zero-order valence-electron chi connectivity index (χ0n) is 17.0. The van der Waals surface area contributed by atoms with E-state index in [1.807, 2.05) is 0 Å². The molecule has 0 unspecified atom stereocenters. The maximum atomic E-state index is 12.8. The number of imidazole rings is 1.